The molecule has 0 aromatic carbocycles. The van der Waals surface area contributed by atoms with Gasteiger partial charge < -0.3 is 9.52 Å². The van der Waals surface area contributed by atoms with E-state index in [4.69, 9.17) is 4.42 Å². The summed E-state index contributed by atoms with van der Waals surface area (Å²) >= 11 is 1.66. The summed E-state index contributed by atoms with van der Waals surface area (Å²) in [6, 6.07) is 5.82. The zero-order chi connectivity index (χ0) is 10.0. The van der Waals surface area contributed by atoms with E-state index in [-0.39, 0.29) is 0 Å². The quantitative estimate of drug-likeness (QED) is 0.841. The van der Waals surface area contributed by atoms with Crippen LogP contribution < -0.4 is 0 Å². The number of thiophene rings is 1. The molecule has 0 aliphatic rings. The summed E-state index contributed by atoms with van der Waals surface area (Å²) in [4.78, 5) is 1.18. The third-order valence-corrected chi connectivity index (χ3v) is 3.12. The van der Waals surface area contributed by atoms with Crippen LogP contribution in [0.5, 0.6) is 0 Å². The van der Waals surface area contributed by atoms with E-state index in [1.807, 2.05) is 17.5 Å². The minimum Gasteiger partial charge on any atom is -0.472 e. The molecule has 0 bridgehead atoms. The van der Waals surface area contributed by atoms with Gasteiger partial charge in [-0.1, -0.05) is 6.07 Å². The third-order valence-electron chi connectivity index (χ3n) is 2.24. The van der Waals surface area contributed by atoms with Gasteiger partial charge in [-0.25, -0.2) is 0 Å². The number of aliphatic hydroxyl groups is 1. The van der Waals surface area contributed by atoms with Crippen LogP contribution in [0, 0.1) is 0 Å². The molecule has 74 valence electrons. The molecule has 0 fully saturated rings. The zero-order valence-electron chi connectivity index (χ0n) is 7.93. The van der Waals surface area contributed by atoms with Crippen molar-refractivity contribution in [1.82, 2.24) is 0 Å². The van der Waals surface area contributed by atoms with Crippen molar-refractivity contribution in [3.63, 3.8) is 0 Å². The van der Waals surface area contributed by atoms with Crippen molar-refractivity contribution in [2.75, 3.05) is 0 Å². The van der Waals surface area contributed by atoms with Crippen LogP contribution in [-0.4, -0.2) is 5.11 Å². The summed E-state index contributed by atoms with van der Waals surface area (Å²) in [6.07, 6.45) is 3.80. The molecule has 0 saturated heterocycles. The Labute approximate surface area is 86.8 Å². The Hall–Kier alpha value is -1.06. The van der Waals surface area contributed by atoms with Gasteiger partial charge in [-0.3, -0.25) is 0 Å². The monoisotopic (exact) mass is 208 g/mol. The summed E-state index contributed by atoms with van der Waals surface area (Å²) in [5.74, 6) is 0. The summed E-state index contributed by atoms with van der Waals surface area (Å²) in [5.41, 5.74) is -0.0106. The molecular formula is C11H12O2S. The molecular weight excluding hydrogens is 196 g/mol. The summed E-state index contributed by atoms with van der Waals surface area (Å²) in [6.45, 7) is 1.80. The fourth-order valence-corrected chi connectivity index (χ4v) is 2.28. The molecule has 2 aromatic heterocycles. The average Bonchev–Trinajstić information content (AvgIpc) is 2.71. The Bertz CT molecular complexity index is 373. The fourth-order valence-electron chi connectivity index (χ4n) is 1.43. The van der Waals surface area contributed by atoms with E-state index in [0.29, 0.717) is 6.42 Å². The molecule has 0 radical (unpaired) electrons. The lowest BCUT2D eigenvalue weighted by Gasteiger charge is -2.20. The molecule has 0 aliphatic carbocycles. The van der Waals surface area contributed by atoms with Crippen LogP contribution in [0.25, 0.3) is 0 Å². The molecule has 0 spiro atoms. The van der Waals surface area contributed by atoms with Crippen LogP contribution in [-0.2, 0) is 12.0 Å². The second kappa shape index (κ2) is 3.59. The first kappa shape index (κ1) is 9.49. The molecule has 2 aromatic rings. The molecule has 2 rings (SSSR count). The average molecular weight is 208 g/mol. The molecule has 0 amide bonds. The molecule has 14 heavy (non-hydrogen) atoms. The largest absolute Gasteiger partial charge is 0.472 e. The van der Waals surface area contributed by atoms with Gasteiger partial charge in [0.2, 0.25) is 0 Å². The molecule has 1 N–H and O–H groups in total. The number of hydrogen-bond donors (Lipinski definition) is 1. The zero-order valence-corrected chi connectivity index (χ0v) is 8.75. The van der Waals surface area contributed by atoms with Crippen LogP contribution in [0.15, 0.2) is 40.5 Å². The topological polar surface area (TPSA) is 33.4 Å². The Morgan fingerprint density at radius 2 is 2.36 bits per heavy atom. The smallest absolute Gasteiger partial charge is 0.0963 e. The Morgan fingerprint density at radius 1 is 1.50 bits per heavy atom. The third kappa shape index (κ3) is 1.89. The van der Waals surface area contributed by atoms with Crippen molar-refractivity contribution >= 4 is 11.3 Å². The highest BCUT2D eigenvalue weighted by atomic mass is 32.1. The van der Waals surface area contributed by atoms with E-state index >= 15 is 0 Å². The standard InChI is InChI=1S/C11H12O2S/c1-11(12,9-4-5-13-8-9)7-10-3-2-6-14-10/h2-6,8,12H,7H2,1H3. The number of rotatable bonds is 3. The fraction of sp³-hybridized carbons (Fsp3) is 0.273. The molecule has 1 atom stereocenters. The van der Waals surface area contributed by atoms with Crippen LogP contribution in [0.2, 0.25) is 0 Å². The Balaban J connectivity index is 2.17. The van der Waals surface area contributed by atoms with E-state index in [0.717, 1.165) is 5.56 Å². The molecule has 2 nitrogen and oxygen atoms in total. The Morgan fingerprint density at radius 3 is 2.93 bits per heavy atom. The first-order valence-corrected chi connectivity index (χ1v) is 5.34. The lowest BCUT2D eigenvalue weighted by Crippen LogP contribution is -2.22. The van der Waals surface area contributed by atoms with E-state index in [2.05, 4.69) is 0 Å². The van der Waals surface area contributed by atoms with Gasteiger partial charge in [0.1, 0.15) is 0 Å². The van der Waals surface area contributed by atoms with Crippen molar-refractivity contribution in [3.8, 4) is 0 Å². The first-order chi connectivity index (χ1) is 6.68. The van der Waals surface area contributed by atoms with E-state index in [1.54, 1.807) is 36.9 Å². The summed E-state index contributed by atoms with van der Waals surface area (Å²) in [7, 11) is 0. The summed E-state index contributed by atoms with van der Waals surface area (Å²) in [5, 5.41) is 12.2. The highest BCUT2D eigenvalue weighted by Crippen LogP contribution is 2.27. The van der Waals surface area contributed by atoms with Crippen molar-refractivity contribution in [2.45, 2.75) is 18.9 Å². The minimum atomic E-state index is -0.835. The molecule has 2 heterocycles. The predicted octanol–water partition coefficient (Wildman–Crippen LogP) is 2.79. The molecule has 0 aliphatic heterocycles. The van der Waals surface area contributed by atoms with Gasteiger partial charge in [0.15, 0.2) is 0 Å². The van der Waals surface area contributed by atoms with Gasteiger partial charge in [0.25, 0.3) is 0 Å². The first-order valence-electron chi connectivity index (χ1n) is 4.46. The van der Waals surface area contributed by atoms with Gasteiger partial charge in [-0.2, -0.15) is 0 Å². The maximum absolute atomic E-state index is 10.2. The van der Waals surface area contributed by atoms with Crippen LogP contribution in [0.4, 0.5) is 0 Å². The lowest BCUT2D eigenvalue weighted by atomic mass is 9.94. The van der Waals surface area contributed by atoms with Crippen molar-refractivity contribution in [3.05, 3.63) is 46.5 Å². The number of hydrogen-bond acceptors (Lipinski definition) is 3. The van der Waals surface area contributed by atoms with Gasteiger partial charge in [0, 0.05) is 16.9 Å². The second-order valence-electron chi connectivity index (χ2n) is 3.54. The summed E-state index contributed by atoms with van der Waals surface area (Å²) < 4.78 is 4.96. The Kier molecular flexibility index (Phi) is 2.44. The van der Waals surface area contributed by atoms with Gasteiger partial charge >= 0.3 is 0 Å². The van der Waals surface area contributed by atoms with Crippen LogP contribution in [0.3, 0.4) is 0 Å². The maximum Gasteiger partial charge on any atom is 0.0963 e. The maximum atomic E-state index is 10.2. The number of furan rings is 1. The van der Waals surface area contributed by atoms with Crippen LogP contribution in [0.1, 0.15) is 17.4 Å². The van der Waals surface area contributed by atoms with Gasteiger partial charge in [-0.15, -0.1) is 11.3 Å². The van der Waals surface area contributed by atoms with Crippen molar-refractivity contribution in [1.29, 1.82) is 0 Å². The molecule has 3 heteroatoms. The highest BCUT2D eigenvalue weighted by Gasteiger charge is 2.24. The van der Waals surface area contributed by atoms with E-state index in [1.165, 1.54) is 4.88 Å². The highest BCUT2D eigenvalue weighted by molar-refractivity contribution is 7.09. The van der Waals surface area contributed by atoms with E-state index in [9.17, 15) is 5.11 Å². The molecule has 1 unspecified atom stereocenters. The van der Waals surface area contributed by atoms with Crippen molar-refractivity contribution < 1.29 is 9.52 Å². The van der Waals surface area contributed by atoms with Gasteiger partial charge in [-0.05, 0) is 24.4 Å². The SMILES string of the molecule is CC(O)(Cc1cccs1)c1ccoc1. The normalized spacial score (nSPS) is 15.3. The second-order valence-corrected chi connectivity index (χ2v) is 4.57. The lowest BCUT2D eigenvalue weighted by molar-refractivity contribution is 0.0578. The molecule has 0 saturated carbocycles. The van der Waals surface area contributed by atoms with Crippen LogP contribution >= 0.6 is 11.3 Å². The van der Waals surface area contributed by atoms with E-state index < -0.39 is 5.60 Å². The predicted molar refractivity (Wildman–Crippen MR) is 56.3 cm³/mol. The minimum absolute atomic E-state index is 0.629. The van der Waals surface area contributed by atoms with Gasteiger partial charge in [0.05, 0.1) is 18.1 Å². The van der Waals surface area contributed by atoms with Crippen molar-refractivity contribution in [2.24, 2.45) is 0 Å².